The van der Waals surface area contributed by atoms with Crippen molar-refractivity contribution in [2.24, 2.45) is 0 Å². The van der Waals surface area contributed by atoms with Crippen LogP contribution in [0.1, 0.15) is 16.7 Å². The van der Waals surface area contributed by atoms with Crippen LogP contribution in [-0.4, -0.2) is 30.9 Å². The molecule has 154 valence electrons. The van der Waals surface area contributed by atoms with E-state index in [0.29, 0.717) is 5.69 Å². The number of esters is 1. The molecule has 2 N–H and O–H groups in total. The lowest BCUT2D eigenvalue weighted by Crippen LogP contribution is -2.33. The van der Waals surface area contributed by atoms with Crippen LogP contribution in [0.4, 0.5) is 5.69 Å². The summed E-state index contributed by atoms with van der Waals surface area (Å²) in [5.74, 6) is -1.39. The Labute approximate surface area is 175 Å². The Balaban J connectivity index is 1.44. The van der Waals surface area contributed by atoms with Gasteiger partial charge in [-0.05, 0) is 41.8 Å². The number of carbonyl (C=O) groups excluding carboxylic acids is 3. The maximum absolute atomic E-state index is 12.2. The van der Waals surface area contributed by atoms with E-state index in [1.807, 2.05) is 68.4 Å². The Morgan fingerprint density at radius 1 is 0.900 bits per heavy atom. The van der Waals surface area contributed by atoms with Crippen molar-refractivity contribution in [3.63, 3.8) is 0 Å². The first kappa shape index (κ1) is 21.0. The van der Waals surface area contributed by atoms with E-state index in [2.05, 4.69) is 10.6 Å². The molecule has 0 spiro atoms. The highest BCUT2D eigenvalue weighted by atomic mass is 16.5. The molecule has 0 unspecified atom stereocenters. The number of hydrogen-bond donors (Lipinski definition) is 2. The Bertz CT molecular complexity index is 1090. The van der Waals surface area contributed by atoms with Crippen LogP contribution in [0.25, 0.3) is 10.8 Å². The molecule has 0 saturated heterocycles. The number of fused-ring (bicyclic) bond motifs is 1. The zero-order chi connectivity index (χ0) is 21.5. The first-order valence-electron chi connectivity index (χ1n) is 9.68. The van der Waals surface area contributed by atoms with Gasteiger partial charge in [-0.25, -0.2) is 0 Å². The van der Waals surface area contributed by atoms with Gasteiger partial charge in [0, 0.05) is 5.69 Å². The molecule has 2 amide bonds. The van der Waals surface area contributed by atoms with Crippen LogP contribution in [0.2, 0.25) is 0 Å². The number of carbonyl (C=O) groups is 3. The summed E-state index contributed by atoms with van der Waals surface area (Å²) in [5.41, 5.74) is 3.57. The number of rotatable bonds is 7. The lowest BCUT2D eigenvalue weighted by atomic mass is 10.0. The molecule has 3 aromatic rings. The van der Waals surface area contributed by atoms with Crippen molar-refractivity contribution in [1.29, 1.82) is 0 Å². The quantitative estimate of drug-likeness (QED) is 0.592. The normalized spacial score (nSPS) is 10.5. The Morgan fingerprint density at radius 3 is 2.47 bits per heavy atom. The molecule has 0 bridgehead atoms. The van der Waals surface area contributed by atoms with Crippen molar-refractivity contribution in [2.45, 2.75) is 20.3 Å². The largest absolute Gasteiger partial charge is 0.454 e. The van der Waals surface area contributed by atoms with Gasteiger partial charge in [-0.2, -0.15) is 0 Å². The third-order valence-electron chi connectivity index (χ3n) is 4.68. The molecule has 0 radical (unpaired) electrons. The van der Waals surface area contributed by atoms with Gasteiger partial charge in [-0.3, -0.25) is 14.4 Å². The fraction of sp³-hybridized carbons (Fsp3) is 0.208. The number of aryl methyl sites for hydroxylation is 2. The highest BCUT2D eigenvalue weighted by molar-refractivity contribution is 5.94. The van der Waals surface area contributed by atoms with Gasteiger partial charge in [-0.1, -0.05) is 60.2 Å². The molecule has 0 aliphatic carbocycles. The molecule has 3 aromatic carbocycles. The van der Waals surface area contributed by atoms with Crippen molar-refractivity contribution < 1.29 is 19.1 Å². The minimum Gasteiger partial charge on any atom is -0.454 e. The molecular formula is C24H24N2O4. The van der Waals surface area contributed by atoms with Crippen LogP contribution in [0.3, 0.4) is 0 Å². The SMILES string of the molecule is Cc1ccc(NC(=O)COC(=O)CNC(=O)Cc2cccc3ccccc23)c(C)c1. The first-order chi connectivity index (χ1) is 14.4. The average molecular weight is 404 g/mol. The van der Waals surface area contributed by atoms with Crippen molar-refractivity contribution in [3.8, 4) is 0 Å². The molecule has 0 aromatic heterocycles. The predicted molar refractivity (Wildman–Crippen MR) is 116 cm³/mol. The fourth-order valence-electron chi connectivity index (χ4n) is 3.19. The van der Waals surface area contributed by atoms with Gasteiger partial charge in [0.2, 0.25) is 5.91 Å². The zero-order valence-corrected chi connectivity index (χ0v) is 17.0. The summed E-state index contributed by atoms with van der Waals surface area (Å²) < 4.78 is 4.94. The van der Waals surface area contributed by atoms with Gasteiger partial charge in [0.25, 0.3) is 5.91 Å². The second-order valence-corrected chi connectivity index (χ2v) is 7.12. The molecule has 3 rings (SSSR count). The van der Waals surface area contributed by atoms with Crippen molar-refractivity contribution in [1.82, 2.24) is 5.32 Å². The summed E-state index contributed by atoms with van der Waals surface area (Å²) in [5, 5.41) is 7.30. The van der Waals surface area contributed by atoms with E-state index in [9.17, 15) is 14.4 Å². The minimum absolute atomic E-state index is 0.155. The first-order valence-corrected chi connectivity index (χ1v) is 9.68. The van der Waals surface area contributed by atoms with Crippen molar-refractivity contribution in [3.05, 3.63) is 77.4 Å². The van der Waals surface area contributed by atoms with Crippen LogP contribution in [0.5, 0.6) is 0 Å². The topological polar surface area (TPSA) is 84.5 Å². The number of nitrogens with one attached hydrogen (secondary N) is 2. The molecule has 0 heterocycles. The number of amides is 2. The molecule has 6 nitrogen and oxygen atoms in total. The van der Waals surface area contributed by atoms with Crippen LogP contribution in [-0.2, 0) is 25.5 Å². The Hall–Kier alpha value is -3.67. The van der Waals surface area contributed by atoms with Crippen LogP contribution >= 0.6 is 0 Å². The summed E-state index contributed by atoms with van der Waals surface area (Å²) in [6, 6.07) is 19.2. The molecular weight excluding hydrogens is 380 g/mol. The molecule has 0 atom stereocenters. The van der Waals surface area contributed by atoms with Crippen LogP contribution in [0.15, 0.2) is 60.7 Å². The minimum atomic E-state index is -0.669. The smallest absolute Gasteiger partial charge is 0.325 e. The van der Waals surface area contributed by atoms with Gasteiger partial charge in [0.1, 0.15) is 6.54 Å². The molecule has 0 fully saturated rings. The average Bonchev–Trinajstić information content (AvgIpc) is 2.73. The van der Waals surface area contributed by atoms with E-state index < -0.39 is 18.5 Å². The number of benzene rings is 3. The van der Waals surface area contributed by atoms with Crippen LogP contribution in [0, 0.1) is 13.8 Å². The van der Waals surface area contributed by atoms with E-state index in [1.54, 1.807) is 6.07 Å². The standard InChI is InChI=1S/C24H24N2O4/c1-16-10-11-21(17(2)12-16)26-23(28)15-30-24(29)14-25-22(27)13-19-8-5-7-18-6-3-4-9-20(18)19/h3-12H,13-15H2,1-2H3,(H,25,27)(H,26,28). The summed E-state index contributed by atoms with van der Waals surface area (Å²) in [6.07, 6.45) is 0.155. The number of hydrogen-bond acceptors (Lipinski definition) is 4. The maximum atomic E-state index is 12.2. The second kappa shape index (κ2) is 9.69. The number of anilines is 1. The Morgan fingerprint density at radius 2 is 1.67 bits per heavy atom. The van der Waals surface area contributed by atoms with Gasteiger partial charge in [0.05, 0.1) is 6.42 Å². The van der Waals surface area contributed by atoms with E-state index in [0.717, 1.165) is 27.5 Å². The molecule has 0 saturated carbocycles. The summed E-state index contributed by atoms with van der Waals surface area (Å²) in [4.78, 5) is 36.1. The third-order valence-corrected chi connectivity index (χ3v) is 4.68. The second-order valence-electron chi connectivity index (χ2n) is 7.12. The van der Waals surface area contributed by atoms with Gasteiger partial charge in [-0.15, -0.1) is 0 Å². The molecule has 0 aliphatic rings. The van der Waals surface area contributed by atoms with E-state index in [-0.39, 0.29) is 18.9 Å². The summed E-state index contributed by atoms with van der Waals surface area (Å²) in [6.45, 7) is 3.15. The monoisotopic (exact) mass is 404 g/mol. The van der Waals surface area contributed by atoms with Gasteiger partial charge in [0.15, 0.2) is 6.61 Å². The third kappa shape index (κ3) is 5.67. The fourth-order valence-corrected chi connectivity index (χ4v) is 3.19. The molecule has 6 heteroatoms. The Kier molecular flexibility index (Phi) is 6.80. The van der Waals surface area contributed by atoms with E-state index in [1.165, 1.54) is 0 Å². The summed E-state index contributed by atoms with van der Waals surface area (Å²) >= 11 is 0. The highest BCUT2D eigenvalue weighted by Crippen LogP contribution is 2.19. The lowest BCUT2D eigenvalue weighted by Gasteiger charge is -2.10. The molecule has 0 aliphatic heterocycles. The predicted octanol–water partition coefficient (Wildman–Crippen LogP) is 3.30. The van der Waals surface area contributed by atoms with Gasteiger partial charge >= 0.3 is 5.97 Å². The van der Waals surface area contributed by atoms with Crippen molar-refractivity contribution >= 4 is 34.2 Å². The van der Waals surface area contributed by atoms with E-state index >= 15 is 0 Å². The summed E-state index contributed by atoms with van der Waals surface area (Å²) in [7, 11) is 0. The maximum Gasteiger partial charge on any atom is 0.325 e. The lowest BCUT2D eigenvalue weighted by molar-refractivity contribution is -0.147. The van der Waals surface area contributed by atoms with E-state index in [4.69, 9.17) is 4.74 Å². The van der Waals surface area contributed by atoms with Crippen LogP contribution < -0.4 is 10.6 Å². The molecule has 30 heavy (non-hydrogen) atoms. The highest BCUT2D eigenvalue weighted by Gasteiger charge is 2.12. The van der Waals surface area contributed by atoms with Gasteiger partial charge < -0.3 is 15.4 Å². The zero-order valence-electron chi connectivity index (χ0n) is 17.0. The van der Waals surface area contributed by atoms with Crippen molar-refractivity contribution in [2.75, 3.05) is 18.5 Å². The number of ether oxygens (including phenoxy) is 1.